The maximum atomic E-state index is 12.0. The molecule has 0 amide bonds. The summed E-state index contributed by atoms with van der Waals surface area (Å²) in [6.07, 6.45) is -0.476. The minimum Gasteiger partial charge on any atom is -0.375 e. The molecule has 0 N–H and O–H groups in total. The average Bonchev–Trinajstić information content (AvgIpc) is 2.60. The Morgan fingerprint density at radius 1 is 1.50 bits per heavy atom. The average molecular weight is 308 g/mol. The number of halogens is 3. The molecule has 0 spiro atoms. The molecule has 0 bridgehead atoms. The summed E-state index contributed by atoms with van der Waals surface area (Å²) in [7, 11) is -5.58. The van der Waals surface area contributed by atoms with Crippen LogP contribution in [0.2, 0.25) is 0 Å². The SMILES string of the molecule is CC(=O)S[C@@H]1CO[C@@H](COS(=O)(=O)C(F)(F)F)C1. The van der Waals surface area contributed by atoms with Crippen molar-refractivity contribution in [2.45, 2.75) is 30.2 Å². The zero-order valence-electron chi connectivity index (χ0n) is 9.27. The van der Waals surface area contributed by atoms with E-state index in [1.807, 2.05) is 0 Å². The number of carbonyl (C=O) groups excluding carboxylic acids is 1. The topological polar surface area (TPSA) is 69.7 Å². The van der Waals surface area contributed by atoms with Gasteiger partial charge in [0.25, 0.3) is 0 Å². The summed E-state index contributed by atoms with van der Waals surface area (Å²) in [5.41, 5.74) is -5.43. The summed E-state index contributed by atoms with van der Waals surface area (Å²) >= 11 is 1.01. The fourth-order valence-electron chi connectivity index (χ4n) is 1.34. The van der Waals surface area contributed by atoms with Crippen molar-refractivity contribution in [3.63, 3.8) is 0 Å². The Kier molecular flexibility index (Phi) is 5.04. The van der Waals surface area contributed by atoms with Gasteiger partial charge in [-0.3, -0.25) is 8.98 Å². The van der Waals surface area contributed by atoms with E-state index in [1.54, 1.807) is 0 Å². The third-order valence-electron chi connectivity index (χ3n) is 2.07. The molecule has 1 aliphatic rings. The Labute approximate surface area is 106 Å². The largest absolute Gasteiger partial charge is 0.523 e. The Balaban J connectivity index is 2.41. The molecule has 1 rings (SSSR count). The molecule has 0 aliphatic carbocycles. The molecule has 1 fully saturated rings. The van der Waals surface area contributed by atoms with Crippen LogP contribution in [0.1, 0.15) is 13.3 Å². The number of ether oxygens (including phenoxy) is 1. The molecule has 1 heterocycles. The monoisotopic (exact) mass is 308 g/mol. The molecule has 5 nitrogen and oxygen atoms in total. The lowest BCUT2D eigenvalue weighted by molar-refractivity contribution is -0.109. The third kappa shape index (κ3) is 4.41. The van der Waals surface area contributed by atoms with Crippen molar-refractivity contribution in [1.82, 2.24) is 0 Å². The summed E-state index contributed by atoms with van der Waals surface area (Å²) < 4.78 is 66.0. The normalized spacial score (nSPS) is 25.3. The molecule has 0 aromatic carbocycles. The Bertz CT molecular complexity index is 405. The van der Waals surface area contributed by atoms with Crippen molar-refractivity contribution < 1.29 is 35.3 Å². The van der Waals surface area contributed by atoms with E-state index in [0.717, 1.165) is 11.8 Å². The van der Waals surface area contributed by atoms with Crippen LogP contribution in [0.5, 0.6) is 0 Å². The quantitative estimate of drug-likeness (QED) is 0.576. The van der Waals surface area contributed by atoms with Gasteiger partial charge in [0.15, 0.2) is 5.12 Å². The molecule has 0 aromatic rings. The first-order valence-corrected chi connectivity index (χ1v) is 7.15. The van der Waals surface area contributed by atoms with Gasteiger partial charge in [0.05, 0.1) is 19.3 Å². The lowest BCUT2D eigenvalue weighted by atomic mass is 10.2. The maximum Gasteiger partial charge on any atom is 0.523 e. The van der Waals surface area contributed by atoms with E-state index >= 15 is 0 Å². The van der Waals surface area contributed by atoms with Crippen LogP contribution in [0, 0.1) is 0 Å². The molecule has 2 atom stereocenters. The van der Waals surface area contributed by atoms with E-state index in [2.05, 4.69) is 4.18 Å². The van der Waals surface area contributed by atoms with Gasteiger partial charge in [0.2, 0.25) is 0 Å². The summed E-state index contributed by atoms with van der Waals surface area (Å²) in [5, 5.41) is -0.308. The molecule has 0 unspecified atom stereocenters. The van der Waals surface area contributed by atoms with Crippen LogP contribution in [0.15, 0.2) is 0 Å². The van der Waals surface area contributed by atoms with Crippen molar-refractivity contribution in [3.05, 3.63) is 0 Å². The number of thioether (sulfide) groups is 1. The molecule has 0 saturated carbocycles. The second-order valence-corrected chi connectivity index (χ2v) is 6.69. The van der Waals surface area contributed by atoms with Crippen LogP contribution < -0.4 is 0 Å². The summed E-state index contributed by atoms with van der Waals surface area (Å²) in [5.74, 6) is 0. The van der Waals surface area contributed by atoms with Gasteiger partial charge in [-0.15, -0.1) is 0 Å². The Hall–Kier alpha value is -0.320. The molecule has 0 radical (unpaired) electrons. The van der Waals surface area contributed by atoms with Crippen molar-refractivity contribution in [3.8, 4) is 0 Å². The smallest absolute Gasteiger partial charge is 0.375 e. The molecule has 1 aliphatic heterocycles. The van der Waals surface area contributed by atoms with Gasteiger partial charge in [-0.25, -0.2) is 0 Å². The fraction of sp³-hybridized carbons (Fsp3) is 0.875. The number of alkyl halides is 3. The van der Waals surface area contributed by atoms with Crippen molar-refractivity contribution >= 4 is 27.0 Å². The van der Waals surface area contributed by atoms with E-state index in [0.29, 0.717) is 0 Å². The van der Waals surface area contributed by atoms with Crippen LogP contribution in [-0.2, 0) is 23.8 Å². The fourth-order valence-corrected chi connectivity index (χ4v) is 2.73. The highest BCUT2D eigenvalue weighted by atomic mass is 32.2. The van der Waals surface area contributed by atoms with Crippen molar-refractivity contribution in [1.29, 1.82) is 0 Å². The van der Waals surface area contributed by atoms with E-state index in [9.17, 15) is 26.4 Å². The van der Waals surface area contributed by atoms with Gasteiger partial charge < -0.3 is 4.74 Å². The molecule has 0 aromatic heterocycles. The molecular weight excluding hydrogens is 297 g/mol. The van der Waals surface area contributed by atoms with Gasteiger partial charge in [-0.2, -0.15) is 21.6 Å². The molecular formula is C8H11F3O5S2. The highest BCUT2D eigenvalue weighted by Crippen LogP contribution is 2.28. The first-order valence-electron chi connectivity index (χ1n) is 4.86. The third-order valence-corrected chi connectivity index (χ3v) is 4.08. The van der Waals surface area contributed by atoms with Crippen LogP contribution in [0.4, 0.5) is 13.2 Å². The highest BCUT2D eigenvalue weighted by molar-refractivity contribution is 8.14. The van der Waals surface area contributed by atoms with E-state index in [4.69, 9.17) is 4.74 Å². The highest BCUT2D eigenvalue weighted by Gasteiger charge is 2.47. The van der Waals surface area contributed by atoms with Gasteiger partial charge >= 0.3 is 15.6 Å². The Morgan fingerprint density at radius 2 is 2.11 bits per heavy atom. The maximum absolute atomic E-state index is 12.0. The number of carbonyl (C=O) groups is 1. The molecule has 1 saturated heterocycles. The number of hydrogen-bond acceptors (Lipinski definition) is 6. The molecule has 18 heavy (non-hydrogen) atoms. The lowest BCUT2D eigenvalue weighted by Crippen LogP contribution is -2.29. The van der Waals surface area contributed by atoms with Gasteiger partial charge in [0, 0.05) is 12.2 Å². The van der Waals surface area contributed by atoms with Gasteiger partial charge in [-0.05, 0) is 6.42 Å². The predicted molar refractivity (Wildman–Crippen MR) is 57.3 cm³/mol. The summed E-state index contributed by atoms with van der Waals surface area (Å²) in [6, 6.07) is 0. The van der Waals surface area contributed by atoms with E-state index in [1.165, 1.54) is 6.92 Å². The Morgan fingerprint density at radius 3 is 2.61 bits per heavy atom. The zero-order chi connectivity index (χ0) is 14.0. The van der Waals surface area contributed by atoms with Crippen molar-refractivity contribution in [2.24, 2.45) is 0 Å². The second kappa shape index (κ2) is 5.76. The zero-order valence-corrected chi connectivity index (χ0v) is 10.9. The second-order valence-electron chi connectivity index (χ2n) is 3.61. The van der Waals surface area contributed by atoms with Crippen molar-refractivity contribution in [2.75, 3.05) is 13.2 Å². The van der Waals surface area contributed by atoms with Gasteiger partial charge in [0.1, 0.15) is 0 Å². The van der Waals surface area contributed by atoms with E-state index in [-0.39, 0.29) is 23.4 Å². The predicted octanol–water partition coefficient (Wildman–Crippen LogP) is 1.29. The number of rotatable bonds is 4. The minimum atomic E-state index is -5.58. The first-order chi connectivity index (χ1) is 8.12. The van der Waals surface area contributed by atoms with Gasteiger partial charge in [-0.1, -0.05) is 11.8 Å². The number of hydrogen-bond donors (Lipinski definition) is 0. The van der Waals surface area contributed by atoms with Crippen LogP contribution in [-0.4, -0.2) is 43.6 Å². The molecule has 106 valence electrons. The summed E-state index contributed by atoms with van der Waals surface area (Å²) in [6.45, 7) is 0.851. The van der Waals surface area contributed by atoms with E-state index < -0.39 is 28.3 Å². The van der Waals surface area contributed by atoms with Crippen LogP contribution >= 0.6 is 11.8 Å². The standard InChI is InChI=1S/C8H11F3O5S2/c1-5(12)17-7-2-6(15-4-7)3-16-18(13,14)8(9,10)11/h6-7H,2-4H2,1H3/t6-,7+/m1/s1. The molecule has 10 heteroatoms. The van der Waals surface area contributed by atoms with Crippen LogP contribution in [0.25, 0.3) is 0 Å². The van der Waals surface area contributed by atoms with Crippen LogP contribution in [0.3, 0.4) is 0 Å². The first kappa shape index (κ1) is 15.7. The summed E-state index contributed by atoms with van der Waals surface area (Å²) in [4.78, 5) is 10.8. The lowest BCUT2D eigenvalue weighted by Gasteiger charge is -2.11. The minimum absolute atomic E-state index is 0.131.